The molecular weight excluding hydrogens is 430 g/mol. The van der Waals surface area contributed by atoms with Gasteiger partial charge in [-0.2, -0.15) is 10.2 Å². The molecule has 0 spiro atoms. The van der Waals surface area contributed by atoms with Crippen LogP contribution < -0.4 is 5.32 Å². The summed E-state index contributed by atoms with van der Waals surface area (Å²) in [5.74, 6) is -0.152. The summed E-state index contributed by atoms with van der Waals surface area (Å²) in [5.41, 5.74) is 3.63. The van der Waals surface area contributed by atoms with Crippen molar-refractivity contribution >= 4 is 27.5 Å². The van der Waals surface area contributed by atoms with Crippen LogP contribution in [0.4, 0.5) is 5.69 Å². The third kappa shape index (κ3) is 5.20. The Balaban J connectivity index is 1.32. The molecule has 0 aliphatic rings. The first-order chi connectivity index (χ1) is 14.2. The molecule has 2 aromatic carbocycles. The Bertz CT molecular complexity index is 1090. The third-order valence-electron chi connectivity index (χ3n) is 4.53. The van der Waals surface area contributed by atoms with Gasteiger partial charge in [0.15, 0.2) is 0 Å². The van der Waals surface area contributed by atoms with Crippen molar-refractivity contribution in [2.45, 2.75) is 19.5 Å². The molecule has 29 heavy (non-hydrogen) atoms. The average Bonchev–Trinajstić information content (AvgIpc) is 3.36. The maximum atomic E-state index is 12.5. The molecule has 1 N–H and O–H groups in total. The molecule has 2 heterocycles. The zero-order chi connectivity index (χ0) is 20.1. The number of benzene rings is 2. The van der Waals surface area contributed by atoms with E-state index < -0.39 is 0 Å². The maximum Gasteiger partial charge on any atom is 0.255 e. The smallest absolute Gasteiger partial charge is 0.255 e. The normalized spacial score (nSPS) is 10.8. The summed E-state index contributed by atoms with van der Waals surface area (Å²) >= 11 is 3.39. The molecule has 0 bridgehead atoms. The number of aryl methyl sites for hydroxylation is 2. The van der Waals surface area contributed by atoms with E-state index in [4.69, 9.17) is 0 Å². The Morgan fingerprint density at radius 3 is 2.38 bits per heavy atom. The van der Waals surface area contributed by atoms with Gasteiger partial charge in [-0.05, 0) is 45.6 Å². The van der Waals surface area contributed by atoms with Crippen molar-refractivity contribution in [1.29, 1.82) is 0 Å². The Morgan fingerprint density at radius 1 is 0.897 bits per heavy atom. The van der Waals surface area contributed by atoms with E-state index in [0.29, 0.717) is 17.8 Å². The second kappa shape index (κ2) is 8.87. The molecule has 0 radical (unpaired) electrons. The SMILES string of the molecule is O=C(Nc1cnn(CCc2ccccc2)c1)c1ccc(Cn2cc(Br)cn2)cc1. The lowest BCUT2D eigenvalue weighted by atomic mass is 10.1. The van der Waals surface area contributed by atoms with Gasteiger partial charge in [0.2, 0.25) is 0 Å². The van der Waals surface area contributed by atoms with E-state index in [9.17, 15) is 4.79 Å². The maximum absolute atomic E-state index is 12.5. The number of nitrogens with one attached hydrogen (secondary N) is 1. The highest BCUT2D eigenvalue weighted by Crippen LogP contribution is 2.12. The van der Waals surface area contributed by atoms with Gasteiger partial charge in [-0.15, -0.1) is 0 Å². The molecule has 7 heteroatoms. The molecule has 0 atom stereocenters. The fourth-order valence-electron chi connectivity index (χ4n) is 3.02. The minimum atomic E-state index is -0.152. The fraction of sp³-hybridized carbons (Fsp3) is 0.136. The molecule has 0 aliphatic carbocycles. The van der Waals surface area contributed by atoms with E-state index in [1.165, 1.54) is 5.56 Å². The number of aromatic nitrogens is 4. The third-order valence-corrected chi connectivity index (χ3v) is 4.94. The molecule has 2 aromatic heterocycles. The lowest BCUT2D eigenvalue weighted by molar-refractivity contribution is 0.102. The van der Waals surface area contributed by atoms with Crippen LogP contribution in [0.25, 0.3) is 0 Å². The van der Waals surface area contributed by atoms with Gasteiger partial charge < -0.3 is 5.32 Å². The van der Waals surface area contributed by atoms with Crippen LogP contribution in [0.5, 0.6) is 0 Å². The van der Waals surface area contributed by atoms with Gasteiger partial charge in [-0.25, -0.2) is 0 Å². The van der Waals surface area contributed by atoms with Crippen molar-refractivity contribution in [3.05, 3.63) is 101 Å². The topological polar surface area (TPSA) is 64.7 Å². The van der Waals surface area contributed by atoms with Crippen molar-refractivity contribution in [2.75, 3.05) is 5.32 Å². The number of anilines is 1. The zero-order valence-electron chi connectivity index (χ0n) is 15.7. The summed E-state index contributed by atoms with van der Waals surface area (Å²) in [5, 5.41) is 11.5. The van der Waals surface area contributed by atoms with Crippen molar-refractivity contribution < 1.29 is 4.79 Å². The summed E-state index contributed by atoms with van der Waals surface area (Å²) in [6.07, 6.45) is 8.08. The van der Waals surface area contributed by atoms with Crippen LogP contribution in [0.3, 0.4) is 0 Å². The van der Waals surface area contributed by atoms with Crippen LogP contribution in [-0.2, 0) is 19.5 Å². The van der Waals surface area contributed by atoms with Crippen molar-refractivity contribution in [1.82, 2.24) is 19.6 Å². The number of carbonyl (C=O) groups is 1. The number of halogens is 1. The van der Waals surface area contributed by atoms with Crippen LogP contribution in [0, 0.1) is 0 Å². The van der Waals surface area contributed by atoms with Crippen molar-refractivity contribution in [3.63, 3.8) is 0 Å². The quantitative estimate of drug-likeness (QED) is 0.455. The average molecular weight is 450 g/mol. The van der Waals surface area contributed by atoms with Gasteiger partial charge in [0.05, 0.1) is 29.1 Å². The predicted molar refractivity (Wildman–Crippen MR) is 116 cm³/mol. The summed E-state index contributed by atoms with van der Waals surface area (Å²) in [6, 6.07) is 17.8. The summed E-state index contributed by atoms with van der Waals surface area (Å²) in [6.45, 7) is 1.42. The number of rotatable bonds is 7. The van der Waals surface area contributed by atoms with Crippen LogP contribution in [0.1, 0.15) is 21.5 Å². The van der Waals surface area contributed by atoms with Gasteiger partial charge in [0.1, 0.15) is 0 Å². The first kappa shape index (κ1) is 19.1. The Morgan fingerprint density at radius 2 is 1.66 bits per heavy atom. The van der Waals surface area contributed by atoms with E-state index in [1.54, 1.807) is 12.4 Å². The van der Waals surface area contributed by atoms with E-state index in [2.05, 4.69) is 43.6 Å². The van der Waals surface area contributed by atoms with Gasteiger partial charge >= 0.3 is 0 Å². The first-order valence-electron chi connectivity index (χ1n) is 9.30. The molecule has 6 nitrogen and oxygen atoms in total. The number of amides is 1. The van der Waals surface area contributed by atoms with Gasteiger partial charge in [0.25, 0.3) is 5.91 Å². The second-order valence-corrected chi connectivity index (χ2v) is 7.65. The fourth-order valence-corrected chi connectivity index (χ4v) is 3.34. The first-order valence-corrected chi connectivity index (χ1v) is 10.1. The molecule has 1 amide bonds. The highest BCUT2D eigenvalue weighted by Gasteiger charge is 2.08. The highest BCUT2D eigenvalue weighted by molar-refractivity contribution is 9.10. The molecular formula is C22H20BrN5O. The molecule has 0 aliphatic heterocycles. The lowest BCUT2D eigenvalue weighted by Gasteiger charge is -2.05. The summed E-state index contributed by atoms with van der Waals surface area (Å²) in [7, 11) is 0. The van der Waals surface area contributed by atoms with Gasteiger partial charge in [0, 0.05) is 24.5 Å². The molecule has 4 aromatic rings. The molecule has 4 rings (SSSR count). The second-order valence-electron chi connectivity index (χ2n) is 6.73. The molecule has 0 saturated carbocycles. The Labute approximate surface area is 177 Å². The highest BCUT2D eigenvalue weighted by atomic mass is 79.9. The van der Waals surface area contributed by atoms with E-state index in [1.807, 2.05) is 64.2 Å². The zero-order valence-corrected chi connectivity index (χ0v) is 17.3. The summed E-state index contributed by atoms with van der Waals surface area (Å²) in [4.78, 5) is 12.5. The molecule has 0 saturated heterocycles. The minimum absolute atomic E-state index is 0.152. The number of hydrogen-bond donors (Lipinski definition) is 1. The van der Waals surface area contributed by atoms with Gasteiger partial charge in [-0.3, -0.25) is 14.2 Å². The minimum Gasteiger partial charge on any atom is -0.319 e. The number of carbonyl (C=O) groups excluding carboxylic acids is 1. The van der Waals surface area contributed by atoms with E-state index in [-0.39, 0.29) is 5.91 Å². The predicted octanol–water partition coefficient (Wildman–Crippen LogP) is 4.39. The van der Waals surface area contributed by atoms with Crippen LogP contribution in [0.2, 0.25) is 0 Å². The van der Waals surface area contributed by atoms with E-state index >= 15 is 0 Å². The summed E-state index contributed by atoms with van der Waals surface area (Å²) < 4.78 is 4.62. The monoisotopic (exact) mass is 449 g/mol. The van der Waals surface area contributed by atoms with Crippen molar-refractivity contribution in [3.8, 4) is 0 Å². The standard InChI is InChI=1S/C22H20BrN5O/c23-20-12-24-28(15-20)14-18-6-8-19(9-7-18)22(29)26-21-13-25-27(16-21)11-10-17-4-2-1-3-5-17/h1-9,12-13,15-16H,10-11,14H2,(H,26,29). The van der Waals surface area contributed by atoms with E-state index in [0.717, 1.165) is 23.0 Å². The molecule has 0 fully saturated rings. The Kier molecular flexibility index (Phi) is 5.86. The van der Waals surface area contributed by atoms with Crippen LogP contribution in [0.15, 0.2) is 83.9 Å². The number of nitrogens with zero attached hydrogens (tertiary/aromatic N) is 4. The largest absolute Gasteiger partial charge is 0.319 e. The molecule has 146 valence electrons. The molecule has 0 unspecified atom stereocenters. The van der Waals surface area contributed by atoms with Crippen LogP contribution >= 0.6 is 15.9 Å². The van der Waals surface area contributed by atoms with Crippen LogP contribution in [-0.4, -0.2) is 25.5 Å². The van der Waals surface area contributed by atoms with Crippen molar-refractivity contribution in [2.24, 2.45) is 0 Å². The Hall–Kier alpha value is -3.19. The number of hydrogen-bond acceptors (Lipinski definition) is 3. The van der Waals surface area contributed by atoms with Gasteiger partial charge in [-0.1, -0.05) is 42.5 Å². The lowest BCUT2D eigenvalue weighted by Crippen LogP contribution is -2.11.